The van der Waals surface area contributed by atoms with Gasteiger partial charge >= 0.3 is 0 Å². The van der Waals surface area contributed by atoms with Crippen LogP contribution in [0.2, 0.25) is 0 Å². The van der Waals surface area contributed by atoms with Crippen LogP contribution in [0.5, 0.6) is 5.75 Å². The molecule has 21 heavy (non-hydrogen) atoms. The van der Waals surface area contributed by atoms with Gasteiger partial charge in [0.15, 0.2) is 5.11 Å². The first-order valence-electron chi connectivity index (χ1n) is 6.40. The summed E-state index contributed by atoms with van der Waals surface area (Å²) in [4.78, 5) is 0. The Balaban J connectivity index is 2.19. The summed E-state index contributed by atoms with van der Waals surface area (Å²) >= 11 is 5.05. The Morgan fingerprint density at radius 1 is 1.05 bits per heavy atom. The molecule has 1 heterocycles. The second kappa shape index (κ2) is 5.38. The van der Waals surface area contributed by atoms with E-state index in [1.54, 1.807) is 18.2 Å². The quantitative estimate of drug-likeness (QED) is 0.713. The van der Waals surface area contributed by atoms with Crippen molar-refractivity contribution in [2.75, 3.05) is 0 Å². The Labute approximate surface area is 127 Å². The topological polar surface area (TPSA) is 64.1 Å². The molecule has 0 saturated heterocycles. The molecule has 3 aromatic rings. The number of para-hydroxylation sites is 1. The third kappa shape index (κ3) is 2.51. The Morgan fingerprint density at radius 2 is 1.71 bits per heavy atom. The predicted molar refractivity (Wildman–Crippen MR) is 86.9 cm³/mol. The number of aromatic nitrogens is 2. The van der Waals surface area contributed by atoms with Gasteiger partial charge in [0.05, 0.1) is 11.4 Å². The van der Waals surface area contributed by atoms with Crippen LogP contribution in [-0.4, -0.2) is 20.0 Å². The molecule has 4 nitrogen and oxygen atoms in total. The minimum Gasteiger partial charge on any atom is -0.507 e. The zero-order chi connectivity index (χ0) is 14.8. The first kappa shape index (κ1) is 13.3. The molecule has 0 aliphatic carbocycles. The molecule has 5 heteroatoms. The van der Waals surface area contributed by atoms with Gasteiger partial charge in [-0.05, 0) is 30.4 Å². The van der Waals surface area contributed by atoms with Crippen molar-refractivity contribution in [2.24, 2.45) is 5.73 Å². The average molecular weight is 295 g/mol. The summed E-state index contributed by atoms with van der Waals surface area (Å²) in [5.74, 6) is 0.162. The molecule has 1 aromatic heterocycles. The van der Waals surface area contributed by atoms with Gasteiger partial charge in [-0.15, -0.1) is 0 Å². The number of phenols is 1. The number of benzene rings is 2. The van der Waals surface area contributed by atoms with Gasteiger partial charge in [-0.1, -0.05) is 42.5 Å². The van der Waals surface area contributed by atoms with Crippen LogP contribution in [0.1, 0.15) is 0 Å². The van der Waals surface area contributed by atoms with E-state index >= 15 is 0 Å². The molecule has 104 valence electrons. The van der Waals surface area contributed by atoms with Crippen molar-refractivity contribution in [1.82, 2.24) is 9.78 Å². The Hall–Kier alpha value is -2.66. The number of thiocarbonyl (C=S) groups is 1. The number of phenolic OH excluding ortho intramolecular Hbond substituents is 1. The summed E-state index contributed by atoms with van der Waals surface area (Å²) in [6.45, 7) is 0. The fraction of sp³-hybridized carbons (Fsp3) is 0. The molecule has 0 aliphatic rings. The van der Waals surface area contributed by atoms with Crippen LogP contribution >= 0.6 is 12.2 Å². The number of rotatable bonds is 2. The fourth-order valence-electron chi connectivity index (χ4n) is 2.18. The van der Waals surface area contributed by atoms with Crippen molar-refractivity contribution >= 4 is 17.3 Å². The molecule has 0 bridgehead atoms. The number of hydrogen-bond acceptors (Lipinski definition) is 3. The lowest BCUT2D eigenvalue weighted by Gasteiger charge is -2.06. The van der Waals surface area contributed by atoms with Crippen molar-refractivity contribution < 1.29 is 5.11 Å². The number of nitrogens with two attached hydrogens (primary N) is 1. The van der Waals surface area contributed by atoms with E-state index in [-0.39, 0.29) is 10.9 Å². The fourth-order valence-corrected chi connectivity index (χ4v) is 2.32. The van der Waals surface area contributed by atoms with E-state index in [0.717, 1.165) is 11.3 Å². The summed E-state index contributed by atoms with van der Waals surface area (Å²) < 4.78 is 1.46. The van der Waals surface area contributed by atoms with Crippen LogP contribution < -0.4 is 5.73 Å². The van der Waals surface area contributed by atoms with Crippen molar-refractivity contribution in [2.45, 2.75) is 0 Å². The van der Waals surface area contributed by atoms with Gasteiger partial charge < -0.3 is 10.8 Å². The number of hydrogen-bond donors (Lipinski definition) is 2. The largest absolute Gasteiger partial charge is 0.507 e. The molecule has 0 spiro atoms. The van der Waals surface area contributed by atoms with E-state index in [1.807, 2.05) is 42.5 Å². The van der Waals surface area contributed by atoms with Crippen LogP contribution in [0.4, 0.5) is 0 Å². The van der Waals surface area contributed by atoms with Crippen molar-refractivity contribution in [1.29, 1.82) is 0 Å². The zero-order valence-corrected chi connectivity index (χ0v) is 11.9. The lowest BCUT2D eigenvalue weighted by atomic mass is 10.1. The smallest absolute Gasteiger partial charge is 0.191 e. The van der Waals surface area contributed by atoms with Gasteiger partial charge in [0, 0.05) is 11.1 Å². The molecule has 0 amide bonds. The van der Waals surface area contributed by atoms with Gasteiger partial charge in [0.1, 0.15) is 5.75 Å². The number of nitrogens with zero attached hydrogens (tertiary/aromatic N) is 2. The maximum Gasteiger partial charge on any atom is 0.191 e. The molecular weight excluding hydrogens is 282 g/mol. The molecule has 2 aromatic carbocycles. The van der Waals surface area contributed by atoms with Crippen molar-refractivity contribution in [3.05, 3.63) is 60.7 Å². The van der Waals surface area contributed by atoms with Crippen LogP contribution in [0.3, 0.4) is 0 Å². The normalized spacial score (nSPS) is 10.5. The highest BCUT2D eigenvalue weighted by molar-refractivity contribution is 7.80. The second-order valence-electron chi connectivity index (χ2n) is 4.55. The minimum atomic E-state index is 0.135. The lowest BCUT2D eigenvalue weighted by Crippen LogP contribution is -2.21. The summed E-state index contributed by atoms with van der Waals surface area (Å²) in [6.07, 6.45) is 0. The number of aromatic hydroxyl groups is 1. The molecule has 3 N–H and O–H groups in total. The van der Waals surface area contributed by atoms with Crippen molar-refractivity contribution in [3.63, 3.8) is 0 Å². The second-order valence-corrected chi connectivity index (χ2v) is 4.97. The van der Waals surface area contributed by atoms with E-state index in [0.29, 0.717) is 11.3 Å². The highest BCUT2D eigenvalue weighted by atomic mass is 32.1. The van der Waals surface area contributed by atoms with Gasteiger partial charge in [-0.3, -0.25) is 0 Å². The SMILES string of the molecule is NC(=S)n1nc(-c2ccccc2)cc1-c1ccccc1O. The third-order valence-electron chi connectivity index (χ3n) is 3.17. The first-order chi connectivity index (χ1) is 10.2. The molecular formula is C16H13N3OS. The molecule has 0 unspecified atom stereocenters. The molecule has 0 fully saturated rings. The Kier molecular flexibility index (Phi) is 3.41. The van der Waals surface area contributed by atoms with Crippen molar-refractivity contribution in [3.8, 4) is 28.3 Å². The van der Waals surface area contributed by atoms with Crippen LogP contribution in [0.15, 0.2) is 60.7 Å². The van der Waals surface area contributed by atoms with Gasteiger partial charge in [0.2, 0.25) is 0 Å². The zero-order valence-electron chi connectivity index (χ0n) is 11.1. The average Bonchev–Trinajstić information content (AvgIpc) is 2.94. The molecule has 0 radical (unpaired) electrons. The maximum atomic E-state index is 10.0. The predicted octanol–water partition coefficient (Wildman–Crippen LogP) is 3.01. The van der Waals surface area contributed by atoms with Crippen LogP contribution in [0, 0.1) is 0 Å². The summed E-state index contributed by atoms with van der Waals surface area (Å²) in [5.41, 5.74) is 8.76. The van der Waals surface area contributed by atoms with E-state index in [2.05, 4.69) is 5.10 Å². The molecule has 0 atom stereocenters. The van der Waals surface area contributed by atoms with Gasteiger partial charge in [-0.25, -0.2) is 4.68 Å². The Bertz CT molecular complexity index is 796. The highest BCUT2D eigenvalue weighted by Gasteiger charge is 2.15. The monoisotopic (exact) mass is 295 g/mol. The van der Waals surface area contributed by atoms with Crippen LogP contribution in [0.25, 0.3) is 22.5 Å². The van der Waals surface area contributed by atoms with E-state index in [4.69, 9.17) is 18.0 Å². The summed E-state index contributed by atoms with van der Waals surface area (Å²) in [5, 5.41) is 14.6. The Morgan fingerprint density at radius 3 is 2.38 bits per heavy atom. The van der Waals surface area contributed by atoms with E-state index in [9.17, 15) is 5.11 Å². The summed E-state index contributed by atoms with van der Waals surface area (Å²) in [7, 11) is 0. The van der Waals surface area contributed by atoms with Crippen LogP contribution in [-0.2, 0) is 0 Å². The summed E-state index contributed by atoms with van der Waals surface area (Å²) in [6, 6.07) is 18.6. The first-order valence-corrected chi connectivity index (χ1v) is 6.81. The molecule has 3 rings (SSSR count). The lowest BCUT2D eigenvalue weighted by molar-refractivity contribution is 0.477. The molecule has 0 aliphatic heterocycles. The van der Waals surface area contributed by atoms with E-state index in [1.165, 1.54) is 4.68 Å². The standard InChI is InChI=1S/C16H13N3OS/c17-16(21)19-14(12-8-4-5-9-15(12)20)10-13(18-19)11-6-2-1-3-7-11/h1-10,20H,(H2,17,21). The van der Waals surface area contributed by atoms with Gasteiger partial charge in [0.25, 0.3) is 0 Å². The minimum absolute atomic E-state index is 0.135. The third-order valence-corrected chi connectivity index (χ3v) is 3.34. The molecule has 0 saturated carbocycles. The van der Waals surface area contributed by atoms with Gasteiger partial charge in [-0.2, -0.15) is 5.10 Å². The maximum absolute atomic E-state index is 10.0. The highest BCUT2D eigenvalue weighted by Crippen LogP contribution is 2.31. The van der Waals surface area contributed by atoms with E-state index < -0.39 is 0 Å².